The maximum absolute atomic E-state index is 4.18. The first-order valence-electron chi connectivity index (χ1n) is 3.04. The zero-order valence-corrected chi connectivity index (χ0v) is 8.74. The molecule has 0 amide bonds. The molecule has 0 atom stereocenters. The van der Waals surface area contributed by atoms with Crippen molar-refractivity contribution in [1.29, 1.82) is 0 Å². The third-order valence-corrected chi connectivity index (χ3v) is 3.33. The van der Waals surface area contributed by atoms with E-state index < -0.39 is 0 Å². The minimum atomic E-state index is 0.958. The number of aryl methyl sites for hydroxylation is 1. The molecule has 0 spiro atoms. The SMILES string of the molecule is CCc1nccc(Br)c1Br. The monoisotopic (exact) mass is 263 g/mol. The summed E-state index contributed by atoms with van der Waals surface area (Å²) in [5, 5.41) is 0. The normalized spacial score (nSPS) is 9.90. The number of pyridine rings is 1. The second-order valence-corrected chi connectivity index (χ2v) is 3.55. The fourth-order valence-corrected chi connectivity index (χ4v) is 1.57. The Morgan fingerprint density at radius 3 is 2.70 bits per heavy atom. The van der Waals surface area contributed by atoms with Gasteiger partial charge >= 0.3 is 0 Å². The molecule has 0 saturated carbocycles. The van der Waals surface area contributed by atoms with E-state index in [1.807, 2.05) is 6.07 Å². The van der Waals surface area contributed by atoms with Crippen LogP contribution in [0.4, 0.5) is 0 Å². The van der Waals surface area contributed by atoms with Crippen LogP contribution in [0.1, 0.15) is 12.6 Å². The number of nitrogens with zero attached hydrogens (tertiary/aromatic N) is 1. The van der Waals surface area contributed by atoms with Crippen LogP contribution in [0.3, 0.4) is 0 Å². The molecule has 1 aromatic heterocycles. The van der Waals surface area contributed by atoms with E-state index in [1.165, 1.54) is 0 Å². The third-order valence-electron chi connectivity index (χ3n) is 1.25. The topological polar surface area (TPSA) is 12.9 Å². The van der Waals surface area contributed by atoms with Gasteiger partial charge in [0.15, 0.2) is 0 Å². The zero-order chi connectivity index (χ0) is 7.56. The number of hydrogen-bond donors (Lipinski definition) is 0. The van der Waals surface area contributed by atoms with Gasteiger partial charge in [-0.1, -0.05) is 6.92 Å². The predicted molar refractivity (Wildman–Crippen MR) is 49.0 cm³/mol. The molecule has 0 aliphatic carbocycles. The maximum atomic E-state index is 4.18. The fraction of sp³-hybridized carbons (Fsp3) is 0.286. The second kappa shape index (κ2) is 3.49. The number of rotatable bonds is 1. The van der Waals surface area contributed by atoms with Gasteiger partial charge in [0.25, 0.3) is 0 Å². The molecule has 3 heteroatoms. The van der Waals surface area contributed by atoms with Crippen molar-refractivity contribution in [2.24, 2.45) is 0 Å². The Morgan fingerprint density at radius 2 is 2.20 bits per heavy atom. The number of halogens is 2. The Bertz CT molecular complexity index is 235. The van der Waals surface area contributed by atoms with Crippen LogP contribution in [0.2, 0.25) is 0 Å². The van der Waals surface area contributed by atoms with Crippen molar-refractivity contribution in [3.63, 3.8) is 0 Å². The van der Waals surface area contributed by atoms with Crippen molar-refractivity contribution < 1.29 is 0 Å². The van der Waals surface area contributed by atoms with Crippen molar-refractivity contribution >= 4 is 31.9 Å². The fourth-order valence-electron chi connectivity index (χ4n) is 0.707. The van der Waals surface area contributed by atoms with Crippen LogP contribution in [-0.2, 0) is 6.42 Å². The molecule has 0 N–H and O–H groups in total. The molecule has 0 radical (unpaired) electrons. The van der Waals surface area contributed by atoms with Gasteiger partial charge in [-0.25, -0.2) is 0 Å². The van der Waals surface area contributed by atoms with Crippen LogP contribution in [0.15, 0.2) is 21.2 Å². The highest BCUT2D eigenvalue weighted by Gasteiger charge is 2.00. The smallest absolute Gasteiger partial charge is 0.0554 e. The Morgan fingerprint density at radius 1 is 1.50 bits per heavy atom. The lowest BCUT2D eigenvalue weighted by molar-refractivity contribution is 1.02. The Hall–Kier alpha value is 0.110. The molecule has 0 aromatic carbocycles. The summed E-state index contributed by atoms with van der Waals surface area (Å²) >= 11 is 6.83. The van der Waals surface area contributed by atoms with Gasteiger partial charge in [-0.2, -0.15) is 0 Å². The molecule has 0 unspecified atom stereocenters. The van der Waals surface area contributed by atoms with Crippen LogP contribution in [-0.4, -0.2) is 4.98 Å². The summed E-state index contributed by atoms with van der Waals surface area (Å²) in [5.41, 5.74) is 1.09. The highest BCUT2D eigenvalue weighted by Crippen LogP contribution is 2.24. The number of hydrogen-bond acceptors (Lipinski definition) is 1. The Kier molecular flexibility index (Phi) is 2.86. The molecule has 0 aliphatic rings. The van der Waals surface area contributed by atoms with Crippen molar-refractivity contribution in [2.75, 3.05) is 0 Å². The molecular weight excluding hydrogens is 258 g/mol. The molecule has 10 heavy (non-hydrogen) atoms. The minimum absolute atomic E-state index is 0.958. The van der Waals surface area contributed by atoms with Crippen molar-refractivity contribution in [3.8, 4) is 0 Å². The standard InChI is InChI=1S/C7H7Br2N/c1-2-6-7(9)5(8)3-4-10-6/h3-4H,2H2,1H3. The van der Waals surface area contributed by atoms with Gasteiger partial charge in [0, 0.05) is 10.7 Å². The quantitative estimate of drug-likeness (QED) is 0.759. The molecule has 1 nitrogen and oxygen atoms in total. The summed E-state index contributed by atoms with van der Waals surface area (Å²) in [6, 6.07) is 1.92. The second-order valence-electron chi connectivity index (χ2n) is 1.91. The van der Waals surface area contributed by atoms with Gasteiger partial charge in [-0.15, -0.1) is 0 Å². The number of aromatic nitrogens is 1. The van der Waals surface area contributed by atoms with Crippen LogP contribution < -0.4 is 0 Å². The van der Waals surface area contributed by atoms with Crippen molar-refractivity contribution in [1.82, 2.24) is 4.98 Å². The van der Waals surface area contributed by atoms with E-state index >= 15 is 0 Å². The summed E-state index contributed by atoms with van der Waals surface area (Å²) in [6.45, 7) is 2.08. The van der Waals surface area contributed by atoms with Gasteiger partial charge < -0.3 is 0 Å². The van der Waals surface area contributed by atoms with E-state index in [1.54, 1.807) is 6.20 Å². The van der Waals surface area contributed by atoms with Gasteiger partial charge in [-0.05, 0) is 44.3 Å². The zero-order valence-electron chi connectivity index (χ0n) is 5.56. The summed E-state index contributed by atoms with van der Waals surface area (Å²) in [5.74, 6) is 0. The average Bonchev–Trinajstić information content (AvgIpc) is 1.95. The highest BCUT2D eigenvalue weighted by molar-refractivity contribution is 9.13. The predicted octanol–water partition coefficient (Wildman–Crippen LogP) is 3.17. The lowest BCUT2D eigenvalue weighted by atomic mass is 10.3. The molecule has 0 saturated heterocycles. The molecule has 1 aromatic rings. The highest BCUT2D eigenvalue weighted by atomic mass is 79.9. The molecule has 0 bridgehead atoms. The van der Waals surface area contributed by atoms with Crippen molar-refractivity contribution in [2.45, 2.75) is 13.3 Å². The third kappa shape index (κ3) is 1.58. The summed E-state index contributed by atoms with van der Waals surface area (Å²) in [4.78, 5) is 4.18. The van der Waals surface area contributed by atoms with Crippen LogP contribution in [0, 0.1) is 0 Å². The largest absolute Gasteiger partial charge is 0.260 e. The van der Waals surface area contributed by atoms with E-state index in [4.69, 9.17) is 0 Å². The van der Waals surface area contributed by atoms with Crippen molar-refractivity contribution in [3.05, 3.63) is 26.9 Å². The van der Waals surface area contributed by atoms with Crippen LogP contribution in [0.25, 0.3) is 0 Å². The van der Waals surface area contributed by atoms with E-state index in [0.717, 1.165) is 21.1 Å². The first-order chi connectivity index (χ1) is 4.75. The van der Waals surface area contributed by atoms with E-state index in [9.17, 15) is 0 Å². The average molecular weight is 265 g/mol. The summed E-state index contributed by atoms with van der Waals surface area (Å²) in [6.07, 6.45) is 2.76. The molecule has 1 heterocycles. The van der Waals surface area contributed by atoms with Gasteiger partial charge in [0.05, 0.1) is 10.2 Å². The molecule has 54 valence electrons. The van der Waals surface area contributed by atoms with Crippen LogP contribution >= 0.6 is 31.9 Å². The van der Waals surface area contributed by atoms with E-state index in [0.29, 0.717) is 0 Å². The molecular formula is C7H7Br2N. The molecule has 1 rings (SSSR count). The lowest BCUT2D eigenvalue weighted by Gasteiger charge is -1.99. The van der Waals surface area contributed by atoms with Gasteiger partial charge in [0.2, 0.25) is 0 Å². The van der Waals surface area contributed by atoms with E-state index in [-0.39, 0.29) is 0 Å². The first-order valence-corrected chi connectivity index (χ1v) is 4.63. The Labute approximate surface area is 77.1 Å². The minimum Gasteiger partial charge on any atom is -0.260 e. The molecule has 0 aliphatic heterocycles. The maximum Gasteiger partial charge on any atom is 0.0554 e. The van der Waals surface area contributed by atoms with Crippen LogP contribution in [0.5, 0.6) is 0 Å². The van der Waals surface area contributed by atoms with Gasteiger partial charge in [-0.3, -0.25) is 4.98 Å². The summed E-state index contributed by atoms with van der Waals surface area (Å²) < 4.78 is 2.14. The van der Waals surface area contributed by atoms with Gasteiger partial charge in [0.1, 0.15) is 0 Å². The lowest BCUT2D eigenvalue weighted by Crippen LogP contribution is -1.87. The first kappa shape index (κ1) is 8.21. The Balaban J connectivity index is 3.14. The molecule has 0 fully saturated rings. The summed E-state index contributed by atoms with van der Waals surface area (Å²) in [7, 11) is 0. The van der Waals surface area contributed by atoms with E-state index in [2.05, 4.69) is 43.8 Å².